The van der Waals surface area contributed by atoms with Crippen LogP contribution in [0.4, 0.5) is 0 Å². The number of hydrogen-bond donors (Lipinski definition) is 2. The molecule has 0 aliphatic carbocycles. The Bertz CT molecular complexity index is 144. The first-order valence-corrected chi connectivity index (χ1v) is 5.03. The topological polar surface area (TPSA) is 49.3 Å². The number of rotatable bonds is 3. The van der Waals surface area contributed by atoms with Crippen LogP contribution in [0, 0.1) is 6.42 Å². The Morgan fingerprint density at radius 3 is 2.00 bits per heavy atom. The van der Waals surface area contributed by atoms with E-state index in [-0.39, 0.29) is 39.1 Å². The molecule has 0 saturated heterocycles. The molecule has 3 nitrogen and oxygen atoms in total. The number of nitrogens with one attached hydrogen (secondary N) is 1. The Kier molecular flexibility index (Phi) is 16.7. The molecule has 0 rings (SSSR count). The van der Waals surface area contributed by atoms with E-state index in [1.165, 1.54) is 0 Å². The Morgan fingerprint density at radius 1 is 1.33 bits per heavy atom. The van der Waals surface area contributed by atoms with E-state index < -0.39 is 0 Å². The Balaban J connectivity index is -0.000000320. The van der Waals surface area contributed by atoms with Crippen molar-refractivity contribution in [3.8, 4) is 0 Å². The number of carbonyl (C=O) groups excluding carboxylic acids is 1. The fourth-order valence-corrected chi connectivity index (χ4v) is 0.720. The van der Waals surface area contributed by atoms with E-state index in [0.29, 0.717) is 12.8 Å². The van der Waals surface area contributed by atoms with Crippen LogP contribution in [-0.4, -0.2) is 23.2 Å². The average Bonchev–Trinajstić information content (AvgIpc) is 1.99. The average molecular weight is 386 g/mol. The van der Waals surface area contributed by atoms with Gasteiger partial charge in [0.2, 0.25) is 5.91 Å². The normalized spacial score (nSPS) is 9.47. The predicted octanol–water partition coefficient (Wildman–Crippen LogP) is 1.90. The second-order valence-corrected chi connectivity index (χ2v) is 4.20. The van der Waals surface area contributed by atoms with E-state index in [1.807, 2.05) is 41.0 Å². The van der Waals surface area contributed by atoms with Crippen LogP contribution in [-0.2, 0) is 25.9 Å². The number of amides is 1. The van der Waals surface area contributed by atoms with Gasteiger partial charge in [0.05, 0.1) is 0 Å². The summed E-state index contributed by atoms with van der Waals surface area (Å²) in [7, 11) is 0. The van der Waals surface area contributed by atoms with Crippen LogP contribution < -0.4 is 5.32 Å². The standard InChI is InChI=1S/C8H17NO2.C3H7.W/c1-8(2,3)9-7(11)5-4-6-10;1-3-2;/h10H,4-6H2,1-3H3,(H,9,11);3H,1-2H3;/q;-1;. The maximum absolute atomic E-state index is 11.0. The first-order valence-electron chi connectivity index (χ1n) is 5.03. The van der Waals surface area contributed by atoms with Crippen molar-refractivity contribution in [2.75, 3.05) is 6.61 Å². The molecule has 0 unspecified atom stereocenters. The molecule has 0 bridgehead atoms. The van der Waals surface area contributed by atoms with E-state index in [9.17, 15) is 4.79 Å². The zero-order valence-electron chi connectivity index (χ0n) is 10.5. The van der Waals surface area contributed by atoms with Gasteiger partial charge in [-0.15, -0.1) is 0 Å². The Labute approximate surface area is 108 Å². The van der Waals surface area contributed by atoms with Gasteiger partial charge in [-0.1, -0.05) is 0 Å². The van der Waals surface area contributed by atoms with Crippen LogP contribution in [0.5, 0.6) is 0 Å². The van der Waals surface area contributed by atoms with Crippen LogP contribution >= 0.6 is 0 Å². The number of hydrogen-bond acceptors (Lipinski definition) is 2. The van der Waals surface area contributed by atoms with Crippen LogP contribution in [0.3, 0.4) is 0 Å². The van der Waals surface area contributed by atoms with Gasteiger partial charge in [0.1, 0.15) is 0 Å². The van der Waals surface area contributed by atoms with Crippen molar-refractivity contribution in [2.24, 2.45) is 0 Å². The van der Waals surface area contributed by atoms with Crippen LogP contribution in [0.25, 0.3) is 0 Å². The molecule has 1 amide bonds. The van der Waals surface area contributed by atoms with Crippen molar-refractivity contribution in [3.05, 3.63) is 6.42 Å². The van der Waals surface area contributed by atoms with E-state index in [1.54, 1.807) is 0 Å². The van der Waals surface area contributed by atoms with Crippen molar-refractivity contribution in [2.45, 2.75) is 53.0 Å². The molecule has 4 heteroatoms. The molecule has 0 heterocycles. The third kappa shape index (κ3) is 24.9. The summed E-state index contributed by atoms with van der Waals surface area (Å²) in [5.74, 6) is 0.00606. The third-order valence-corrected chi connectivity index (χ3v) is 1.08. The van der Waals surface area contributed by atoms with Crippen molar-refractivity contribution in [3.63, 3.8) is 0 Å². The van der Waals surface area contributed by atoms with Crippen LogP contribution in [0.2, 0.25) is 0 Å². The molecule has 0 atom stereocenters. The third-order valence-electron chi connectivity index (χ3n) is 1.08. The monoisotopic (exact) mass is 386 g/mol. The molecule has 92 valence electrons. The maximum atomic E-state index is 11.0. The minimum atomic E-state index is -0.160. The molecule has 0 aliphatic rings. The summed E-state index contributed by atoms with van der Waals surface area (Å²) in [5, 5.41) is 11.2. The summed E-state index contributed by atoms with van der Waals surface area (Å²) in [5.41, 5.74) is -0.160. The van der Waals surface area contributed by atoms with Gasteiger partial charge in [0.25, 0.3) is 0 Å². The number of aliphatic hydroxyl groups excluding tert-OH is 1. The smallest absolute Gasteiger partial charge is 0.220 e. The summed E-state index contributed by atoms with van der Waals surface area (Å²) in [6.07, 6.45) is 2.95. The van der Waals surface area contributed by atoms with E-state index in [2.05, 4.69) is 5.32 Å². The number of carbonyl (C=O) groups is 1. The molecule has 0 radical (unpaired) electrons. The molecule has 0 aromatic heterocycles. The molecule has 15 heavy (non-hydrogen) atoms. The second kappa shape index (κ2) is 12.2. The summed E-state index contributed by atoms with van der Waals surface area (Å²) in [6, 6.07) is 0. The minimum absolute atomic E-state index is 0. The van der Waals surface area contributed by atoms with E-state index in [0.717, 1.165) is 0 Å². The molecule has 0 saturated carbocycles. The molecule has 0 aromatic carbocycles. The summed E-state index contributed by atoms with van der Waals surface area (Å²) in [6.45, 7) is 9.88. The van der Waals surface area contributed by atoms with Gasteiger partial charge < -0.3 is 16.8 Å². The fourth-order valence-electron chi connectivity index (χ4n) is 0.720. The summed E-state index contributed by atoms with van der Waals surface area (Å²) in [4.78, 5) is 11.0. The molecule has 0 aliphatic heterocycles. The zero-order chi connectivity index (χ0) is 11.6. The first-order chi connectivity index (χ1) is 6.37. The van der Waals surface area contributed by atoms with E-state index >= 15 is 0 Å². The quantitative estimate of drug-likeness (QED) is 0.729. The maximum Gasteiger partial charge on any atom is 0.220 e. The van der Waals surface area contributed by atoms with Crippen molar-refractivity contribution in [1.29, 1.82) is 0 Å². The summed E-state index contributed by atoms with van der Waals surface area (Å²) >= 11 is 0. The second-order valence-electron chi connectivity index (χ2n) is 4.20. The largest absolute Gasteiger partial charge is 0.396 e. The van der Waals surface area contributed by atoms with Crippen LogP contribution in [0.1, 0.15) is 47.5 Å². The fraction of sp³-hybridized carbons (Fsp3) is 0.818. The predicted molar refractivity (Wildman–Crippen MR) is 59.9 cm³/mol. The van der Waals surface area contributed by atoms with Gasteiger partial charge in [-0.2, -0.15) is 13.8 Å². The number of aliphatic hydroxyl groups is 1. The summed E-state index contributed by atoms with van der Waals surface area (Å²) < 4.78 is 0. The molecule has 0 aromatic rings. The van der Waals surface area contributed by atoms with Crippen molar-refractivity contribution in [1.82, 2.24) is 5.32 Å². The van der Waals surface area contributed by atoms with Gasteiger partial charge in [0, 0.05) is 39.6 Å². The Hall–Kier alpha value is 0.118. The first kappa shape index (κ1) is 20.5. The van der Waals surface area contributed by atoms with Gasteiger partial charge in [-0.05, 0) is 27.2 Å². The molecule has 0 spiro atoms. The Morgan fingerprint density at radius 2 is 1.73 bits per heavy atom. The molecular weight excluding hydrogens is 362 g/mol. The minimum Gasteiger partial charge on any atom is -0.396 e. The van der Waals surface area contributed by atoms with Gasteiger partial charge in [0.15, 0.2) is 0 Å². The molecule has 2 N–H and O–H groups in total. The van der Waals surface area contributed by atoms with Crippen molar-refractivity contribution >= 4 is 5.91 Å². The molecular formula is C11H24NO2W-. The molecule has 0 fully saturated rings. The van der Waals surface area contributed by atoms with Crippen LogP contribution in [0.15, 0.2) is 0 Å². The van der Waals surface area contributed by atoms with Gasteiger partial charge >= 0.3 is 0 Å². The van der Waals surface area contributed by atoms with E-state index in [4.69, 9.17) is 5.11 Å². The van der Waals surface area contributed by atoms with Gasteiger partial charge in [-0.25, -0.2) is 0 Å². The zero-order valence-corrected chi connectivity index (χ0v) is 13.4. The SMILES string of the molecule is CC(C)(C)NC(=O)CCCO.C[CH-]C.[W]. The van der Waals surface area contributed by atoms with Gasteiger partial charge in [-0.3, -0.25) is 4.79 Å². The van der Waals surface area contributed by atoms with Crippen molar-refractivity contribution < 1.29 is 31.0 Å².